The number of para-hydroxylation sites is 1. The summed E-state index contributed by atoms with van der Waals surface area (Å²) in [6, 6.07) is 18.8. The van der Waals surface area contributed by atoms with E-state index in [-0.39, 0.29) is 29.1 Å². The van der Waals surface area contributed by atoms with E-state index < -0.39 is 0 Å². The number of hydrogen-bond donors (Lipinski definition) is 1. The summed E-state index contributed by atoms with van der Waals surface area (Å²) in [5, 5.41) is 13.0. The van der Waals surface area contributed by atoms with Gasteiger partial charge in [0, 0.05) is 17.3 Å². The highest BCUT2D eigenvalue weighted by Crippen LogP contribution is 2.30. The normalized spacial score (nSPS) is 12.8. The third kappa shape index (κ3) is 5.83. The van der Waals surface area contributed by atoms with Crippen LogP contribution in [0.15, 0.2) is 65.8 Å². The van der Waals surface area contributed by atoms with E-state index in [9.17, 15) is 9.59 Å². The summed E-state index contributed by atoms with van der Waals surface area (Å²) in [5.74, 6) is 0.431. The number of rotatable bonds is 7. The highest BCUT2D eigenvalue weighted by atomic mass is 35.5. The average molecular weight is 581 g/mol. The zero-order valence-electron chi connectivity index (χ0n) is 21.6. The predicted octanol–water partition coefficient (Wildman–Crippen LogP) is 6.19. The van der Waals surface area contributed by atoms with Crippen LogP contribution in [-0.2, 0) is 17.8 Å². The monoisotopic (exact) mass is 579 g/mol. The molecule has 0 aliphatic carbocycles. The number of anilines is 1. The maximum Gasteiger partial charge on any atom is 0.253 e. The molecule has 200 valence electrons. The van der Waals surface area contributed by atoms with Crippen molar-refractivity contribution >= 4 is 52.5 Å². The molecule has 5 rings (SSSR count). The molecule has 0 saturated carbocycles. The number of aryl methyl sites for hydroxylation is 2. The molecule has 1 N–H and O–H groups in total. The molecule has 39 heavy (non-hydrogen) atoms. The standard InChI is InChI=1S/C29H27Cl2N5O2S/c1-18-7-5-11-24(19(18)2)36-26(16-32-28(38)22-13-12-21(30)15-23(22)31)33-34-29(36)39-17-27(37)35-14-6-9-20-8-3-4-10-25(20)35/h3-5,7-8,10-13,15H,6,9,14,16-17H2,1-2H3,(H,32,38). The largest absolute Gasteiger partial charge is 0.345 e. The van der Waals surface area contributed by atoms with Crippen molar-refractivity contribution in [3.63, 3.8) is 0 Å². The second-order valence-electron chi connectivity index (χ2n) is 9.33. The summed E-state index contributed by atoms with van der Waals surface area (Å²) in [7, 11) is 0. The Morgan fingerprint density at radius 3 is 2.62 bits per heavy atom. The Hall–Kier alpha value is -3.33. The number of carbonyl (C=O) groups is 2. The first-order valence-corrected chi connectivity index (χ1v) is 14.3. The summed E-state index contributed by atoms with van der Waals surface area (Å²) in [4.78, 5) is 28.0. The number of carbonyl (C=O) groups excluding carboxylic acids is 2. The van der Waals surface area contributed by atoms with Gasteiger partial charge in [-0.05, 0) is 73.7 Å². The van der Waals surface area contributed by atoms with E-state index in [0.29, 0.717) is 28.1 Å². The summed E-state index contributed by atoms with van der Waals surface area (Å²) < 4.78 is 1.91. The Labute approximate surface area is 241 Å². The van der Waals surface area contributed by atoms with Gasteiger partial charge in [-0.25, -0.2) is 0 Å². The molecule has 1 aliphatic heterocycles. The van der Waals surface area contributed by atoms with E-state index in [1.165, 1.54) is 23.4 Å². The number of nitrogens with one attached hydrogen (secondary N) is 1. The van der Waals surface area contributed by atoms with E-state index in [1.54, 1.807) is 12.1 Å². The van der Waals surface area contributed by atoms with Crippen LogP contribution in [-0.4, -0.2) is 38.9 Å². The second-order valence-corrected chi connectivity index (χ2v) is 11.1. The second kappa shape index (κ2) is 11.8. The van der Waals surface area contributed by atoms with E-state index in [2.05, 4.69) is 21.6 Å². The first-order chi connectivity index (χ1) is 18.8. The zero-order chi connectivity index (χ0) is 27.5. The SMILES string of the molecule is Cc1cccc(-n2c(CNC(=O)c3ccc(Cl)cc3Cl)nnc2SCC(=O)N2CCCc3ccccc32)c1C. The number of amides is 2. The number of aromatic nitrogens is 3. The minimum absolute atomic E-state index is 0.0231. The smallest absolute Gasteiger partial charge is 0.253 e. The molecule has 0 spiro atoms. The molecule has 10 heteroatoms. The molecule has 0 unspecified atom stereocenters. The molecule has 1 aromatic heterocycles. The maximum atomic E-state index is 13.3. The lowest BCUT2D eigenvalue weighted by atomic mass is 10.0. The summed E-state index contributed by atoms with van der Waals surface area (Å²) in [6.45, 7) is 4.89. The van der Waals surface area contributed by atoms with Crippen molar-refractivity contribution in [1.29, 1.82) is 0 Å². The molecule has 1 aliphatic rings. The van der Waals surface area contributed by atoms with Crippen LogP contribution in [0.4, 0.5) is 5.69 Å². The van der Waals surface area contributed by atoms with Gasteiger partial charge in [0.2, 0.25) is 5.91 Å². The van der Waals surface area contributed by atoms with Gasteiger partial charge in [0.1, 0.15) is 0 Å². The predicted molar refractivity (Wildman–Crippen MR) is 156 cm³/mol. The number of thioether (sulfide) groups is 1. The van der Waals surface area contributed by atoms with Gasteiger partial charge in [-0.15, -0.1) is 10.2 Å². The Kier molecular flexibility index (Phi) is 8.26. The highest BCUT2D eigenvalue weighted by Gasteiger charge is 2.24. The molecule has 4 aromatic rings. The van der Waals surface area contributed by atoms with Crippen LogP contribution in [0, 0.1) is 13.8 Å². The highest BCUT2D eigenvalue weighted by molar-refractivity contribution is 7.99. The molecule has 0 bridgehead atoms. The van der Waals surface area contributed by atoms with Crippen LogP contribution in [0.1, 0.15) is 39.3 Å². The summed E-state index contributed by atoms with van der Waals surface area (Å²) >= 11 is 13.5. The Morgan fingerprint density at radius 2 is 1.79 bits per heavy atom. The van der Waals surface area contributed by atoms with Crippen LogP contribution >= 0.6 is 35.0 Å². The van der Waals surface area contributed by atoms with E-state index >= 15 is 0 Å². The number of benzene rings is 3. The van der Waals surface area contributed by atoms with Crippen LogP contribution in [0.2, 0.25) is 10.0 Å². The summed E-state index contributed by atoms with van der Waals surface area (Å²) in [6.07, 6.45) is 1.91. The quantitative estimate of drug-likeness (QED) is 0.264. The molecular formula is C29H27Cl2N5O2S. The van der Waals surface area contributed by atoms with Crippen molar-refractivity contribution in [2.75, 3.05) is 17.2 Å². The van der Waals surface area contributed by atoms with Crippen molar-refractivity contribution in [2.45, 2.75) is 38.4 Å². The van der Waals surface area contributed by atoms with Gasteiger partial charge in [0.25, 0.3) is 5.91 Å². The first kappa shape index (κ1) is 27.2. The fourth-order valence-corrected chi connectivity index (χ4v) is 5.99. The lowest BCUT2D eigenvalue weighted by Crippen LogP contribution is -2.36. The maximum absolute atomic E-state index is 13.3. The Balaban J connectivity index is 1.39. The number of fused-ring (bicyclic) bond motifs is 1. The van der Waals surface area contributed by atoms with Gasteiger partial charge in [-0.3, -0.25) is 14.2 Å². The van der Waals surface area contributed by atoms with Crippen molar-refractivity contribution in [1.82, 2.24) is 20.1 Å². The lowest BCUT2D eigenvalue weighted by Gasteiger charge is -2.29. The Morgan fingerprint density at radius 1 is 1.00 bits per heavy atom. The van der Waals surface area contributed by atoms with Crippen molar-refractivity contribution in [2.24, 2.45) is 0 Å². The van der Waals surface area contributed by atoms with Crippen molar-refractivity contribution in [3.05, 3.63) is 98.8 Å². The van der Waals surface area contributed by atoms with E-state index in [0.717, 1.165) is 35.3 Å². The summed E-state index contributed by atoms with van der Waals surface area (Å²) in [5.41, 5.74) is 5.56. The molecule has 3 aromatic carbocycles. The van der Waals surface area contributed by atoms with Crippen LogP contribution in [0.25, 0.3) is 5.69 Å². The Bertz CT molecular complexity index is 1550. The molecule has 7 nitrogen and oxygen atoms in total. The van der Waals surface area contributed by atoms with Crippen LogP contribution in [0.5, 0.6) is 0 Å². The van der Waals surface area contributed by atoms with Crippen LogP contribution < -0.4 is 10.2 Å². The average Bonchev–Trinajstić information content (AvgIpc) is 3.34. The molecule has 0 radical (unpaired) electrons. The van der Waals surface area contributed by atoms with Gasteiger partial charge in [-0.2, -0.15) is 0 Å². The number of nitrogens with zero attached hydrogens (tertiary/aromatic N) is 4. The molecule has 0 saturated heterocycles. The molecular weight excluding hydrogens is 553 g/mol. The minimum atomic E-state index is -0.347. The van der Waals surface area contributed by atoms with Gasteiger partial charge in [-0.1, -0.05) is 65.3 Å². The molecule has 2 amide bonds. The van der Waals surface area contributed by atoms with Gasteiger partial charge >= 0.3 is 0 Å². The molecule has 0 fully saturated rings. The van der Waals surface area contributed by atoms with E-state index in [4.69, 9.17) is 23.2 Å². The lowest BCUT2D eigenvalue weighted by molar-refractivity contribution is -0.116. The third-order valence-corrected chi connectivity index (χ3v) is 8.30. The number of halogens is 2. The topological polar surface area (TPSA) is 80.1 Å². The minimum Gasteiger partial charge on any atom is -0.345 e. The molecule has 0 atom stereocenters. The first-order valence-electron chi connectivity index (χ1n) is 12.6. The van der Waals surface area contributed by atoms with E-state index in [1.807, 2.05) is 59.7 Å². The van der Waals surface area contributed by atoms with Crippen molar-refractivity contribution in [3.8, 4) is 5.69 Å². The molecule has 2 heterocycles. The fraction of sp³-hybridized carbons (Fsp3) is 0.241. The number of hydrogen-bond acceptors (Lipinski definition) is 5. The van der Waals surface area contributed by atoms with Gasteiger partial charge < -0.3 is 10.2 Å². The van der Waals surface area contributed by atoms with Crippen LogP contribution in [0.3, 0.4) is 0 Å². The fourth-order valence-electron chi connectivity index (χ4n) is 4.65. The van der Waals surface area contributed by atoms with Crippen molar-refractivity contribution < 1.29 is 9.59 Å². The third-order valence-electron chi connectivity index (χ3n) is 6.84. The van der Waals surface area contributed by atoms with Gasteiger partial charge in [0.05, 0.1) is 28.6 Å². The van der Waals surface area contributed by atoms with Gasteiger partial charge in [0.15, 0.2) is 11.0 Å². The zero-order valence-corrected chi connectivity index (χ0v) is 23.9.